The highest BCUT2D eigenvalue weighted by Gasteiger charge is 2.16. The fourth-order valence-electron chi connectivity index (χ4n) is 1.63. The molecule has 0 fully saturated rings. The van der Waals surface area contributed by atoms with Gasteiger partial charge in [-0.2, -0.15) is 0 Å². The molecule has 21 heavy (non-hydrogen) atoms. The first-order valence-corrected chi connectivity index (χ1v) is 6.79. The minimum absolute atomic E-state index is 0.290. The Hall–Kier alpha value is -1.66. The van der Waals surface area contributed by atoms with Crippen molar-refractivity contribution in [1.82, 2.24) is 10.6 Å². The van der Waals surface area contributed by atoms with Crippen molar-refractivity contribution < 1.29 is 14.2 Å². The van der Waals surface area contributed by atoms with Gasteiger partial charge in [-0.15, -0.1) is 0 Å². The summed E-state index contributed by atoms with van der Waals surface area (Å²) in [6.07, 6.45) is 0. The number of hydrogen-bond donors (Lipinski definition) is 3. The van der Waals surface area contributed by atoms with Crippen molar-refractivity contribution in [3.8, 4) is 0 Å². The Morgan fingerprint density at radius 2 is 2.10 bits per heavy atom. The predicted molar refractivity (Wildman–Crippen MR) is 81.6 cm³/mol. The Kier molecular flexibility index (Phi) is 6.58. The molecule has 0 aliphatic rings. The summed E-state index contributed by atoms with van der Waals surface area (Å²) >= 11 is 0. The normalized spacial score (nSPS) is 12.4. The van der Waals surface area contributed by atoms with Crippen molar-refractivity contribution in [1.29, 1.82) is 0 Å². The van der Waals surface area contributed by atoms with Gasteiger partial charge in [0, 0.05) is 32.8 Å². The summed E-state index contributed by atoms with van der Waals surface area (Å²) in [6.45, 7) is 4.73. The quantitative estimate of drug-likeness (QED) is 0.549. The number of aliphatic hydroxyl groups is 1. The van der Waals surface area contributed by atoms with E-state index in [4.69, 9.17) is 9.84 Å². The molecule has 5 nitrogen and oxygen atoms in total. The van der Waals surface area contributed by atoms with Gasteiger partial charge in [-0.1, -0.05) is 6.07 Å². The van der Waals surface area contributed by atoms with Gasteiger partial charge in [0.2, 0.25) is 0 Å². The Labute approximate surface area is 125 Å². The molecular weight excluding hydrogens is 273 g/mol. The van der Waals surface area contributed by atoms with Crippen molar-refractivity contribution in [2.75, 3.05) is 20.7 Å². The van der Waals surface area contributed by atoms with Crippen molar-refractivity contribution in [2.24, 2.45) is 4.99 Å². The van der Waals surface area contributed by atoms with E-state index >= 15 is 0 Å². The molecule has 0 spiro atoms. The molecule has 0 aromatic heterocycles. The van der Waals surface area contributed by atoms with Gasteiger partial charge >= 0.3 is 0 Å². The molecule has 0 unspecified atom stereocenters. The standard InChI is InChI=1S/C15H24FN3O2/c1-15(2,21-4)10-19-14(17-3)18-8-11-5-6-13(16)12(7-11)9-20/h5-7,20H,8-10H2,1-4H3,(H2,17,18,19). The van der Waals surface area contributed by atoms with Crippen LogP contribution in [0.3, 0.4) is 0 Å². The van der Waals surface area contributed by atoms with E-state index in [1.807, 2.05) is 13.8 Å². The molecule has 0 aliphatic carbocycles. The average molecular weight is 297 g/mol. The Morgan fingerprint density at radius 1 is 1.38 bits per heavy atom. The summed E-state index contributed by atoms with van der Waals surface area (Å²) < 4.78 is 18.6. The highest BCUT2D eigenvalue weighted by Crippen LogP contribution is 2.10. The lowest BCUT2D eigenvalue weighted by Crippen LogP contribution is -2.45. The summed E-state index contributed by atoms with van der Waals surface area (Å²) in [6, 6.07) is 4.66. The van der Waals surface area contributed by atoms with Crippen molar-refractivity contribution in [3.63, 3.8) is 0 Å². The van der Waals surface area contributed by atoms with E-state index in [0.717, 1.165) is 5.56 Å². The predicted octanol–water partition coefficient (Wildman–Crippen LogP) is 1.41. The third-order valence-electron chi connectivity index (χ3n) is 3.20. The molecular formula is C15H24FN3O2. The number of aliphatic imine (C=N–C) groups is 1. The molecule has 3 N–H and O–H groups in total. The maximum Gasteiger partial charge on any atom is 0.191 e. The van der Waals surface area contributed by atoms with E-state index in [9.17, 15) is 4.39 Å². The van der Waals surface area contributed by atoms with Gasteiger partial charge in [0.15, 0.2) is 5.96 Å². The number of hydrogen-bond acceptors (Lipinski definition) is 3. The molecule has 0 heterocycles. The molecule has 1 rings (SSSR count). The summed E-state index contributed by atoms with van der Waals surface area (Å²) in [4.78, 5) is 4.12. The summed E-state index contributed by atoms with van der Waals surface area (Å²) in [7, 11) is 3.34. The van der Waals surface area contributed by atoms with Crippen LogP contribution in [0.2, 0.25) is 0 Å². The van der Waals surface area contributed by atoms with Crippen LogP contribution >= 0.6 is 0 Å². The van der Waals surface area contributed by atoms with Gasteiger partial charge in [-0.05, 0) is 31.5 Å². The Balaban J connectivity index is 2.56. The van der Waals surface area contributed by atoms with E-state index in [-0.39, 0.29) is 17.8 Å². The Bertz CT molecular complexity index is 490. The molecule has 0 saturated carbocycles. The number of nitrogens with zero attached hydrogens (tertiary/aromatic N) is 1. The molecule has 1 aromatic carbocycles. The SMILES string of the molecule is CN=C(NCc1ccc(F)c(CO)c1)NCC(C)(C)OC. The second-order valence-electron chi connectivity index (χ2n) is 5.33. The maximum absolute atomic E-state index is 13.3. The van der Waals surface area contributed by atoms with E-state index in [2.05, 4.69) is 15.6 Å². The van der Waals surface area contributed by atoms with Gasteiger partial charge in [0.25, 0.3) is 0 Å². The summed E-state index contributed by atoms with van der Waals surface area (Å²) in [5.41, 5.74) is 0.865. The molecule has 0 saturated heterocycles. The third-order valence-corrected chi connectivity index (χ3v) is 3.20. The van der Waals surface area contributed by atoms with Crippen LogP contribution in [0.4, 0.5) is 4.39 Å². The minimum atomic E-state index is -0.398. The highest BCUT2D eigenvalue weighted by molar-refractivity contribution is 5.79. The monoisotopic (exact) mass is 297 g/mol. The van der Waals surface area contributed by atoms with E-state index in [1.165, 1.54) is 6.07 Å². The van der Waals surface area contributed by atoms with Crippen LogP contribution in [-0.2, 0) is 17.9 Å². The molecule has 0 radical (unpaired) electrons. The first-order valence-electron chi connectivity index (χ1n) is 6.79. The minimum Gasteiger partial charge on any atom is -0.392 e. The number of guanidine groups is 1. The topological polar surface area (TPSA) is 65.9 Å². The largest absolute Gasteiger partial charge is 0.392 e. The third kappa shape index (κ3) is 5.69. The lowest BCUT2D eigenvalue weighted by Gasteiger charge is -2.24. The van der Waals surface area contributed by atoms with E-state index in [1.54, 1.807) is 26.3 Å². The van der Waals surface area contributed by atoms with Gasteiger partial charge in [0.05, 0.1) is 12.2 Å². The number of nitrogens with one attached hydrogen (secondary N) is 2. The number of ether oxygens (including phenoxy) is 1. The van der Waals surface area contributed by atoms with Gasteiger partial charge in [-0.3, -0.25) is 4.99 Å². The van der Waals surface area contributed by atoms with Gasteiger partial charge in [0.1, 0.15) is 5.82 Å². The second-order valence-corrected chi connectivity index (χ2v) is 5.33. The fourth-order valence-corrected chi connectivity index (χ4v) is 1.63. The number of benzene rings is 1. The summed E-state index contributed by atoms with van der Waals surface area (Å²) in [5, 5.41) is 15.4. The van der Waals surface area contributed by atoms with Crippen LogP contribution < -0.4 is 10.6 Å². The zero-order valence-electron chi connectivity index (χ0n) is 13.0. The lowest BCUT2D eigenvalue weighted by molar-refractivity contribution is 0.0268. The van der Waals surface area contributed by atoms with Crippen molar-refractivity contribution in [2.45, 2.75) is 32.6 Å². The molecule has 118 valence electrons. The first-order chi connectivity index (χ1) is 9.91. The summed E-state index contributed by atoms with van der Waals surface area (Å²) in [5.74, 6) is 0.237. The van der Waals surface area contributed by atoms with Crippen LogP contribution in [0.15, 0.2) is 23.2 Å². The highest BCUT2D eigenvalue weighted by atomic mass is 19.1. The average Bonchev–Trinajstić information content (AvgIpc) is 2.48. The molecule has 0 amide bonds. The van der Waals surface area contributed by atoms with Gasteiger partial charge < -0.3 is 20.5 Å². The van der Waals surface area contributed by atoms with Crippen LogP contribution in [-0.4, -0.2) is 37.4 Å². The van der Waals surface area contributed by atoms with Crippen LogP contribution in [0.25, 0.3) is 0 Å². The number of halogens is 1. The first kappa shape index (κ1) is 17.4. The van der Waals surface area contributed by atoms with Crippen LogP contribution in [0.1, 0.15) is 25.0 Å². The molecule has 6 heteroatoms. The van der Waals surface area contributed by atoms with E-state index < -0.39 is 5.82 Å². The zero-order chi connectivity index (χ0) is 15.9. The van der Waals surface area contributed by atoms with Crippen LogP contribution in [0.5, 0.6) is 0 Å². The lowest BCUT2D eigenvalue weighted by atomic mass is 10.1. The van der Waals surface area contributed by atoms with Crippen molar-refractivity contribution in [3.05, 3.63) is 35.1 Å². The number of methoxy groups -OCH3 is 1. The Morgan fingerprint density at radius 3 is 2.67 bits per heavy atom. The van der Waals surface area contributed by atoms with Gasteiger partial charge in [-0.25, -0.2) is 4.39 Å². The zero-order valence-corrected chi connectivity index (χ0v) is 13.0. The second kappa shape index (κ2) is 7.95. The number of rotatable bonds is 6. The fraction of sp³-hybridized carbons (Fsp3) is 0.533. The van der Waals surface area contributed by atoms with Crippen LogP contribution in [0, 0.1) is 5.82 Å². The maximum atomic E-state index is 13.3. The molecule has 0 bridgehead atoms. The van der Waals surface area contributed by atoms with Crippen molar-refractivity contribution >= 4 is 5.96 Å². The van der Waals surface area contributed by atoms with E-state index in [0.29, 0.717) is 19.0 Å². The molecule has 0 atom stereocenters. The smallest absolute Gasteiger partial charge is 0.191 e. The molecule has 1 aromatic rings. The number of aliphatic hydroxyl groups excluding tert-OH is 1. The molecule has 0 aliphatic heterocycles.